The number of unbranched alkanes of at least 4 members (excludes halogenated alkanes) is 9. The number of benzene rings is 2. The third-order valence-electron chi connectivity index (χ3n) is 5.99. The van der Waals surface area contributed by atoms with Gasteiger partial charge in [-0.15, -0.1) is 11.6 Å². The Morgan fingerprint density at radius 3 is 2.08 bits per heavy atom. The van der Waals surface area contributed by atoms with E-state index in [1.807, 2.05) is 38.1 Å². The average molecular weight is 516 g/mol. The molecule has 5 nitrogen and oxygen atoms in total. The number of carbonyl (C=O) groups is 1. The lowest BCUT2D eigenvalue weighted by atomic mass is 10.1. The van der Waals surface area contributed by atoms with E-state index in [0.29, 0.717) is 5.56 Å². The molecule has 1 unspecified atom stereocenters. The lowest BCUT2D eigenvalue weighted by Crippen LogP contribution is -2.25. The average Bonchev–Trinajstić information content (AvgIpc) is 2.87. The van der Waals surface area contributed by atoms with Gasteiger partial charge >= 0.3 is 5.97 Å². The molecular formula is C30H42ClNO4. The second-order valence-corrected chi connectivity index (χ2v) is 10.0. The van der Waals surface area contributed by atoms with Crippen LogP contribution in [-0.2, 0) is 4.79 Å². The van der Waals surface area contributed by atoms with Crippen LogP contribution in [0.3, 0.4) is 0 Å². The summed E-state index contributed by atoms with van der Waals surface area (Å²) in [4.78, 5) is 16.4. The molecule has 0 radical (unpaired) electrons. The molecule has 1 atom stereocenters. The standard InChI is InChI=1S/C30H42ClNO4/c1-4-5-6-7-8-9-10-11-12-13-20-35-26-18-15-25(16-19-26)32-22-24-14-17-27(21-28(24)33)36-30(34)29(31)23(2)3/h14-19,21-23,29,33H,4-13,20H2,1-3H3. The van der Waals surface area contributed by atoms with E-state index >= 15 is 0 Å². The predicted molar refractivity (Wildman–Crippen MR) is 149 cm³/mol. The summed E-state index contributed by atoms with van der Waals surface area (Å²) in [6, 6.07) is 12.2. The molecule has 36 heavy (non-hydrogen) atoms. The Balaban J connectivity index is 1.70. The molecule has 1 N–H and O–H groups in total. The van der Waals surface area contributed by atoms with E-state index in [-0.39, 0.29) is 17.4 Å². The van der Waals surface area contributed by atoms with E-state index in [9.17, 15) is 9.90 Å². The van der Waals surface area contributed by atoms with E-state index in [2.05, 4.69) is 11.9 Å². The Hall–Kier alpha value is -2.53. The first-order valence-electron chi connectivity index (χ1n) is 13.4. The zero-order chi connectivity index (χ0) is 26.2. The molecule has 0 fully saturated rings. The SMILES string of the molecule is CCCCCCCCCCCCOc1ccc(N=Cc2ccc(OC(=O)C(Cl)C(C)C)cc2O)cc1. The number of carbonyl (C=O) groups excluding carboxylic acids is 1. The minimum Gasteiger partial charge on any atom is -0.507 e. The van der Waals surface area contributed by atoms with Gasteiger partial charge in [0.05, 0.1) is 12.3 Å². The third-order valence-corrected chi connectivity index (χ3v) is 6.67. The van der Waals surface area contributed by atoms with Gasteiger partial charge < -0.3 is 14.6 Å². The molecule has 0 saturated heterocycles. The fraction of sp³-hybridized carbons (Fsp3) is 0.533. The number of phenols is 1. The second kappa shape index (κ2) is 17.0. The van der Waals surface area contributed by atoms with Crippen LogP contribution in [0, 0.1) is 5.92 Å². The maximum atomic E-state index is 12.0. The molecule has 0 aromatic heterocycles. The topological polar surface area (TPSA) is 68.1 Å². The van der Waals surface area contributed by atoms with Gasteiger partial charge in [-0.3, -0.25) is 9.79 Å². The number of hydrogen-bond donors (Lipinski definition) is 1. The minimum absolute atomic E-state index is 0.0313. The minimum atomic E-state index is -0.741. The maximum absolute atomic E-state index is 12.0. The molecule has 0 heterocycles. The molecule has 6 heteroatoms. The quantitative estimate of drug-likeness (QED) is 0.0752. The fourth-order valence-electron chi connectivity index (χ4n) is 3.69. The van der Waals surface area contributed by atoms with Gasteiger partial charge in [0.2, 0.25) is 0 Å². The summed E-state index contributed by atoms with van der Waals surface area (Å²) < 4.78 is 11.1. The molecule has 0 saturated carbocycles. The van der Waals surface area contributed by atoms with E-state index in [0.717, 1.165) is 24.5 Å². The van der Waals surface area contributed by atoms with Gasteiger partial charge in [0, 0.05) is 17.8 Å². The number of esters is 1. The highest BCUT2D eigenvalue weighted by atomic mass is 35.5. The maximum Gasteiger partial charge on any atom is 0.329 e. The number of phenolic OH excluding ortho intramolecular Hbond substituents is 1. The highest BCUT2D eigenvalue weighted by molar-refractivity contribution is 6.30. The normalized spacial score (nSPS) is 12.2. The Morgan fingerprint density at radius 1 is 0.917 bits per heavy atom. The first-order chi connectivity index (χ1) is 17.4. The summed E-state index contributed by atoms with van der Waals surface area (Å²) in [6.07, 6.45) is 14.6. The number of alkyl halides is 1. The van der Waals surface area contributed by atoms with Crippen molar-refractivity contribution in [3.8, 4) is 17.2 Å². The van der Waals surface area contributed by atoms with Crippen LogP contribution in [0.25, 0.3) is 0 Å². The highest BCUT2D eigenvalue weighted by Gasteiger charge is 2.21. The van der Waals surface area contributed by atoms with Gasteiger partial charge in [0.25, 0.3) is 0 Å². The summed E-state index contributed by atoms with van der Waals surface area (Å²) in [5.74, 6) is 0.456. The summed E-state index contributed by atoms with van der Waals surface area (Å²) >= 11 is 6.02. The van der Waals surface area contributed by atoms with E-state index in [1.165, 1.54) is 63.9 Å². The second-order valence-electron chi connectivity index (χ2n) is 9.57. The van der Waals surface area contributed by atoms with Gasteiger partial charge in [0.15, 0.2) is 0 Å². The van der Waals surface area contributed by atoms with Crippen molar-refractivity contribution < 1.29 is 19.4 Å². The molecular weight excluding hydrogens is 474 g/mol. The molecule has 0 aliphatic carbocycles. The van der Waals surface area contributed by atoms with Gasteiger partial charge in [-0.1, -0.05) is 78.6 Å². The summed E-state index contributed by atoms with van der Waals surface area (Å²) in [5.41, 5.74) is 1.26. The van der Waals surface area contributed by atoms with Crippen LogP contribution in [0.15, 0.2) is 47.5 Å². The summed E-state index contributed by atoms with van der Waals surface area (Å²) in [5, 5.41) is 9.53. The van der Waals surface area contributed by atoms with Crippen molar-refractivity contribution in [1.82, 2.24) is 0 Å². The molecule has 0 aliphatic heterocycles. The van der Waals surface area contributed by atoms with Crippen molar-refractivity contribution >= 4 is 29.5 Å². The number of hydrogen-bond acceptors (Lipinski definition) is 5. The Bertz CT molecular complexity index is 927. The van der Waals surface area contributed by atoms with Gasteiger partial charge in [-0.05, 0) is 48.7 Å². The number of ether oxygens (including phenoxy) is 2. The van der Waals surface area contributed by atoms with Crippen molar-refractivity contribution in [3.63, 3.8) is 0 Å². The molecule has 198 valence electrons. The van der Waals surface area contributed by atoms with Gasteiger partial charge in [-0.25, -0.2) is 0 Å². The molecule has 2 rings (SSSR count). The molecule has 0 spiro atoms. The summed E-state index contributed by atoms with van der Waals surface area (Å²) in [7, 11) is 0. The van der Waals surface area contributed by atoms with Crippen molar-refractivity contribution in [2.75, 3.05) is 6.61 Å². The van der Waals surface area contributed by atoms with E-state index in [1.54, 1.807) is 18.3 Å². The van der Waals surface area contributed by atoms with E-state index in [4.69, 9.17) is 21.1 Å². The van der Waals surface area contributed by atoms with Crippen molar-refractivity contribution in [2.24, 2.45) is 10.9 Å². The Labute approximate surface area is 221 Å². The predicted octanol–water partition coefficient (Wildman–Crippen LogP) is 8.61. The monoisotopic (exact) mass is 515 g/mol. The lowest BCUT2D eigenvalue weighted by molar-refractivity contribution is -0.134. The van der Waals surface area contributed by atoms with Crippen molar-refractivity contribution in [1.29, 1.82) is 0 Å². The van der Waals surface area contributed by atoms with Crippen molar-refractivity contribution in [3.05, 3.63) is 48.0 Å². The van der Waals surface area contributed by atoms with Gasteiger partial charge in [-0.2, -0.15) is 0 Å². The first-order valence-corrected chi connectivity index (χ1v) is 13.8. The van der Waals surface area contributed by atoms with Gasteiger partial charge in [0.1, 0.15) is 22.6 Å². The zero-order valence-corrected chi connectivity index (χ0v) is 22.8. The van der Waals surface area contributed by atoms with Crippen LogP contribution >= 0.6 is 11.6 Å². The van der Waals surface area contributed by atoms with Crippen LogP contribution in [0.1, 0.15) is 90.5 Å². The van der Waals surface area contributed by atoms with Crippen LogP contribution in [0.4, 0.5) is 5.69 Å². The molecule has 0 amide bonds. The zero-order valence-electron chi connectivity index (χ0n) is 22.0. The largest absolute Gasteiger partial charge is 0.507 e. The first kappa shape index (κ1) is 29.7. The highest BCUT2D eigenvalue weighted by Crippen LogP contribution is 2.25. The fourth-order valence-corrected chi connectivity index (χ4v) is 3.74. The van der Waals surface area contributed by atoms with Crippen LogP contribution in [0.5, 0.6) is 17.2 Å². The number of nitrogens with zero attached hydrogens (tertiary/aromatic N) is 1. The molecule has 2 aromatic carbocycles. The third kappa shape index (κ3) is 11.5. The lowest BCUT2D eigenvalue weighted by Gasteiger charge is -2.12. The Kier molecular flexibility index (Phi) is 14.0. The number of aliphatic imine (C=N–C) groups is 1. The van der Waals surface area contributed by atoms with Crippen LogP contribution in [0.2, 0.25) is 0 Å². The number of rotatable bonds is 17. The molecule has 2 aromatic rings. The smallest absolute Gasteiger partial charge is 0.329 e. The molecule has 0 bridgehead atoms. The number of aromatic hydroxyl groups is 1. The Morgan fingerprint density at radius 2 is 1.50 bits per heavy atom. The summed E-state index contributed by atoms with van der Waals surface area (Å²) in [6.45, 7) is 6.67. The van der Waals surface area contributed by atoms with Crippen LogP contribution < -0.4 is 9.47 Å². The van der Waals surface area contributed by atoms with Crippen molar-refractivity contribution in [2.45, 2.75) is 90.4 Å². The number of halogens is 1. The van der Waals surface area contributed by atoms with E-state index < -0.39 is 11.3 Å². The molecule has 0 aliphatic rings. The van der Waals surface area contributed by atoms with Crippen LogP contribution in [-0.4, -0.2) is 29.3 Å².